The summed E-state index contributed by atoms with van der Waals surface area (Å²) in [6.07, 6.45) is -0.467. The molecule has 1 saturated heterocycles. The number of rotatable bonds is 3. The zero-order valence-corrected chi connectivity index (χ0v) is 16.6. The molecular formula is C22H18ClF3N2O2. The van der Waals surface area contributed by atoms with E-state index in [1.165, 1.54) is 18.2 Å². The maximum atomic E-state index is 12.9. The fraction of sp³-hybridized carbons (Fsp3) is 0.273. The lowest BCUT2D eigenvalue weighted by atomic mass is 9.96. The summed E-state index contributed by atoms with van der Waals surface area (Å²) in [6.45, 7) is 1.03. The fourth-order valence-corrected chi connectivity index (χ4v) is 3.71. The van der Waals surface area contributed by atoms with Gasteiger partial charge in [-0.1, -0.05) is 23.7 Å². The number of likely N-dealkylation sites (tertiary alicyclic amines) is 1. The molecule has 2 aromatic carbocycles. The van der Waals surface area contributed by atoms with E-state index in [2.05, 4.69) is 4.98 Å². The first kappa shape index (κ1) is 20.5. The molecule has 156 valence electrons. The van der Waals surface area contributed by atoms with Gasteiger partial charge in [-0.2, -0.15) is 13.2 Å². The summed E-state index contributed by atoms with van der Waals surface area (Å²) in [7, 11) is 0. The predicted molar refractivity (Wildman–Crippen MR) is 108 cm³/mol. The Morgan fingerprint density at radius 2 is 1.90 bits per heavy atom. The molecule has 0 spiro atoms. The Morgan fingerprint density at radius 3 is 2.60 bits per heavy atom. The summed E-state index contributed by atoms with van der Waals surface area (Å²) in [5.74, 6) is 0.539. The van der Waals surface area contributed by atoms with E-state index in [1.807, 2.05) is 24.3 Å². The molecule has 1 fully saturated rings. The number of carbonyl (C=O) groups is 1. The molecule has 0 saturated carbocycles. The molecular weight excluding hydrogens is 417 g/mol. The van der Waals surface area contributed by atoms with Gasteiger partial charge in [0, 0.05) is 30.1 Å². The third-order valence-corrected chi connectivity index (χ3v) is 5.54. The van der Waals surface area contributed by atoms with Gasteiger partial charge in [-0.25, -0.2) is 4.98 Å². The van der Waals surface area contributed by atoms with Gasteiger partial charge in [0.15, 0.2) is 11.5 Å². The average Bonchev–Trinajstić information content (AvgIpc) is 3.16. The van der Waals surface area contributed by atoms with Crippen LogP contribution in [0.1, 0.15) is 35.8 Å². The second-order valence-electron chi connectivity index (χ2n) is 7.19. The Bertz CT molecular complexity index is 1070. The number of carbonyl (C=O) groups excluding carboxylic acids is 1. The van der Waals surface area contributed by atoms with Crippen LogP contribution in [0.15, 0.2) is 53.0 Å². The third-order valence-electron chi connectivity index (χ3n) is 5.20. The number of piperidine rings is 1. The van der Waals surface area contributed by atoms with E-state index in [0.717, 1.165) is 23.2 Å². The SMILES string of the molecule is O=C(/C=C/c1cc(C(F)(F)F)ccc1Cl)N1CCC(c2nc3ccccc3o2)CC1. The highest BCUT2D eigenvalue weighted by Crippen LogP contribution is 2.33. The third kappa shape index (κ3) is 4.36. The van der Waals surface area contributed by atoms with Gasteiger partial charge >= 0.3 is 6.18 Å². The lowest BCUT2D eigenvalue weighted by Crippen LogP contribution is -2.36. The Hall–Kier alpha value is -2.80. The first-order chi connectivity index (χ1) is 14.3. The lowest BCUT2D eigenvalue weighted by Gasteiger charge is -2.29. The van der Waals surface area contributed by atoms with Crippen LogP contribution in [0.4, 0.5) is 13.2 Å². The minimum absolute atomic E-state index is 0.128. The second-order valence-corrected chi connectivity index (χ2v) is 7.59. The number of aromatic nitrogens is 1. The second kappa shape index (κ2) is 8.14. The maximum Gasteiger partial charge on any atom is 0.416 e. The molecule has 1 amide bonds. The van der Waals surface area contributed by atoms with Crippen molar-refractivity contribution in [3.05, 3.63) is 70.6 Å². The molecule has 4 nitrogen and oxygen atoms in total. The van der Waals surface area contributed by atoms with Crippen molar-refractivity contribution in [2.75, 3.05) is 13.1 Å². The molecule has 0 aliphatic carbocycles. The lowest BCUT2D eigenvalue weighted by molar-refractivity contribution is -0.137. The number of fused-ring (bicyclic) bond motifs is 1. The van der Waals surface area contributed by atoms with Crippen molar-refractivity contribution in [1.82, 2.24) is 9.88 Å². The zero-order valence-electron chi connectivity index (χ0n) is 15.8. The van der Waals surface area contributed by atoms with Crippen LogP contribution in [-0.2, 0) is 11.0 Å². The fourth-order valence-electron chi connectivity index (χ4n) is 3.53. The first-order valence-electron chi connectivity index (χ1n) is 9.50. The van der Waals surface area contributed by atoms with Crippen molar-refractivity contribution >= 4 is 34.7 Å². The first-order valence-corrected chi connectivity index (χ1v) is 9.88. The monoisotopic (exact) mass is 434 g/mol. The number of benzene rings is 2. The number of halogens is 4. The van der Waals surface area contributed by atoms with Gasteiger partial charge in [0.2, 0.25) is 5.91 Å². The summed E-state index contributed by atoms with van der Waals surface area (Å²) in [5.41, 5.74) is 0.901. The molecule has 3 aromatic rings. The van der Waals surface area contributed by atoms with Crippen LogP contribution in [0.2, 0.25) is 5.02 Å². The van der Waals surface area contributed by atoms with Gasteiger partial charge < -0.3 is 9.32 Å². The Morgan fingerprint density at radius 1 is 1.17 bits per heavy atom. The van der Waals surface area contributed by atoms with Gasteiger partial charge in [-0.05, 0) is 54.8 Å². The smallest absolute Gasteiger partial charge is 0.416 e. The van der Waals surface area contributed by atoms with Gasteiger partial charge in [-0.15, -0.1) is 0 Å². The van der Waals surface area contributed by atoms with Crippen LogP contribution >= 0.6 is 11.6 Å². The summed E-state index contributed by atoms with van der Waals surface area (Å²) < 4.78 is 44.5. The van der Waals surface area contributed by atoms with Gasteiger partial charge in [-0.3, -0.25) is 4.79 Å². The van der Waals surface area contributed by atoms with Crippen LogP contribution in [-0.4, -0.2) is 28.9 Å². The van der Waals surface area contributed by atoms with E-state index in [9.17, 15) is 18.0 Å². The van der Waals surface area contributed by atoms with E-state index in [-0.39, 0.29) is 22.4 Å². The molecule has 1 aromatic heterocycles. The molecule has 0 bridgehead atoms. The number of nitrogens with zero attached hydrogens (tertiary/aromatic N) is 2. The van der Waals surface area contributed by atoms with Gasteiger partial charge in [0.25, 0.3) is 0 Å². The minimum Gasteiger partial charge on any atom is -0.440 e. The minimum atomic E-state index is -4.47. The molecule has 4 rings (SSSR count). The van der Waals surface area contributed by atoms with Crippen molar-refractivity contribution in [1.29, 1.82) is 0 Å². The molecule has 0 N–H and O–H groups in total. The number of amides is 1. The van der Waals surface area contributed by atoms with Crippen LogP contribution in [0.25, 0.3) is 17.2 Å². The van der Waals surface area contributed by atoms with E-state index in [4.69, 9.17) is 16.0 Å². The van der Waals surface area contributed by atoms with E-state index < -0.39 is 11.7 Å². The number of oxazole rings is 1. The van der Waals surface area contributed by atoms with E-state index in [0.29, 0.717) is 31.8 Å². The highest BCUT2D eigenvalue weighted by molar-refractivity contribution is 6.32. The molecule has 0 unspecified atom stereocenters. The highest BCUT2D eigenvalue weighted by Gasteiger charge is 2.31. The van der Waals surface area contributed by atoms with Crippen molar-refractivity contribution in [3.8, 4) is 0 Å². The van der Waals surface area contributed by atoms with Crippen molar-refractivity contribution in [3.63, 3.8) is 0 Å². The van der Waals surface area contributed by atoms with Gasteiger partial charge in [0.05, 0.1) is 5.56 Å². The van der Waals surface area contributed by atoms with Crippen LogP contribution < -0.4 is 0 Å². The molecule has 30 heavy (non-hydrogen) atoms. The Kier molecular flexibility index (Phi) is 5.56. The van der Waals surface area contributed by atoms with E-state index in [1.54, 1.807) is 4.90 Å². The Labute approximate surface area is 175 Å². The molecule has 8 heteroatoms. The summed E-state index contributed by atoms with van der Waals surface area (Å²) in [6, 6.07) is 10.6. The standard InChI is InChI=1S/C22H18ClF3N2O2/c23-17-7-6-16(22(24,25)26)13-15(17)5-8-20(29)28-11-9-14(10-12-28)21-27-18-3-1-2-4-19(18)30-21/h1-8,13-14H,9-12H2/b8-5+. The number of hydrogen-bond donors (Lipinski definition) is 0. The number of para-hydroxylation sites is 2. The largest absolute Gasteiger partial charge is 0.440 e. The van der Waals surface area contributed by atoms with Crippen molar-refractivity contribution in [2.45, 2.75) is 24.9 Å². The average molecular weight is 435 g/mol. The molecule has 1 aliphatic rings. The summed E-state index contributed by atoms with van der Waals surface area (Å²) in [4.78, 5) is 18.7. The highest BCUT2D eigenvalue weighted by atomic mass is 35.5. The predicted octanol–water partition coefficient (Wildman–Crippen LogP) is 5.92. The summed E-state index contributed by atoms with van der Waals surface area (Å²) >= 11 is 5.98. The quantitative estimate of drug-likeness (QED) is 0.481. The van der Waals surface area contributed by atoms with E-state index >= 15 is 0 Å². The van der Waals surface area contributed by atoms with Crippen molar-refractivity contribution in [2.24, 2.45) is 0 Å². The van der Waals surface area contributed by atoms with Crippen LogP contribution in [0.3, 0.4) is 0 Å². The van der Waals surface area contributed by atoms with Gasteiger partial charge in [0.1, 0.15) is 5.52 Å². The Balaban J connectivity index is 1.40. The number of hydrogen-bond acceptors (Lipinski definition) is 3. The van der Waals surface area contributed by atoms with Crippen molar-refractivity contribution < 1.29 is 22.4 Å². The zero-order chi connectivity index (χ0) is 21.3. The maximum absolute atomic E-state index is 12.9. The molecule has 1 aliphatic heterocycles. The molecule has 2 heterocycles. The molecule has 0 atom stereocenters. The van der Waals surface area contributed by atoms with Crippen LogP contribution in [0.5, 0.6) is 0 Å². The van der Waals surface area contributed by atoms with Crippen LogP contribution in [0, 0.1) is 0 Å². The number of alkyl halides is 3. The summed E-state index contributed by atoms with van der Waals surface area (Å²) in [5, 5.41) is 0.154. The topological polar surface area (TPSA) is 46.3 Å². The molecule has 0 radical (unpaired) electrons. The normalized spacial score (nSPS) is 15.9.